The summed E-state index contributed by atoms with van der Waals surface area (Å²) in [7, 11) is 0. The maximum atomic E-state index is 13.2. The van der Waals surface area contributed by atoms with E-state index in [2.05, 4.69) is 4.98 Å². The van der Waals surface area contributed by atoms with E-state index in [1.807, 2.05) is 6.92 Å². The highest BCUT2D eigenvalue weighted by atomic mass is 19.1. The van der Waals surface area contributed by atoms with Crippen LogP contribution in [-0.2, 0) is 0 Å². The van der Waals surface area contributed by atoms with Gasteiger partial charge in [-0.15, -0.1) is 0 Å². The molecule has 0 aliphatic rings. The predicted molar refractivity (Wildman–Crippen MR) is 63.5 cm³/mol. The summed E-state index contributed by atoms with van der Waals surface area (Å²) >= 11 is 0. The molecule has 0 aliphatic heterocycles. The van der Waals surface area contributed by atoms with Crippen molar-refractivity contribution >= 4 is 5.78 Å². The molecule has 0 radical (unpaired) electrons. The van der Waals surface area contributed by atoms with Crippen LogP contribution in [0.4, 0.5) is 4.39 Å². The Morgan fingerprint density at radius 2 is 2.00 bits per heavy atom. The van der Waals surface area contributed by atoms with Crippen molar-refractivity contribution in [1.29, 1.82) is 0 Å². The number of halogens is 1. The quantitative estimate of drug-likeness (QED) is 0.741. The molecule has 1 aromatic carbocycles. The molecule has 0 aliphatic carbocycles. The van der Waals surface area contributed by atoms with Gasteiger partial charge >= 0.3 is 0 Å². The van der Waals surface area contributed by atoms with Crippen LogP contribution in [0.15, 0.2) is 36.7 Å². The van der Waals surface area contributed by atoms with E-state index >= 15 is 0 Å². The minimum absolute atomic E-state index is 0.174. The van der Waals surface area contributed by atoms with E-state index in [-0.39, 0.29) is 11.6 Å². The van der Waals surface area contributed by atoms with Crippen molar-refractivity contribution in [3.8, 4) is 0 Å². The highest BCUT2D eigenvalue weighted by Gasteiger charge is 2.12. The van der Waals surface area contributed by atoms with Gasteiger partial charge in [-0.2, -0.15) is 0 Å². The number of benzene rings is 1. The summed E-state index contributed by atoms with van der Waals surface area (Å²) in [6, 6.07) is 5.99. The van der Waals surface area contributed by atoms with E-state index in [9.17, 15) is 9.18 Å². The number of carbonyl (C=O) groups excluding carboxylic acids is 1. The zero-order valence-corrected chi connectivity index (χ0v) is 9.70. The van der Waals surface area contributed by atoms with Gasteiger partial charge in [0.25, 0.3) is 0 Å². The van der Waals surface area contributed by atoms with Crippen molar-refractivity contribution < 1.29 is 9.18 Å². The third-order valence-electron chi connectivity index (χ3n) is 2.57. The summed E-state index contributed by atoms with van der Waals surface area (Å²) in [6.07, 6.45) is 3.19. The van der Waals surface area contributed by atoms with E-state index in [1.165, 1.54) is 12.1 Å². The van der Waals surface area contributed by atoms with Crippen LogP contribution < -0.4 is 0 Å². The van der Waals surface area contributed by atoms with Crippen LogP contribution in [0.2, 0.25) is 0 Å². The number of pyridine rings is 1. The molecule has 0 amide bonds. The minimum atomic E-state index is -0.389. The van der Waals surface area contributed by atoms with Crippen LogP contribution in [-0.4, -0.2) is 10.8 Å². The molecule has 0 unspecified atom stereocenters. The first-order chi connectivity index (χ1) is 8.08. The Morgan fingerprint density at radius 1 is 1.24 bits per heavy atom. The zero-order chi connectivity index (χ0) is 12.4. The van der Waals surface area contributed by atoms with Gasteiger partial charge in [0.15, 0.2) is 5.78 Å². The lowest BCUT2D eigenvalue weighted by Crippen LogP contribution is -2.04. The fourth-order valence-corrected chi connectivity index (χ4v) is 1.75. The lowest BCUT2D eigenvalue weighted by molar-refractivity contribution is 0.103. The Kier molecular flexibility index (Phi) is 3.00. The van der Waals surface area contributed by atoms with E-state index < -0.39 is 0 Å². The van der Waals surface area contributed by atoms with E-state index in [4.69, 9.17) is 0 Å². The molecule has 0 saturated carbocycles. The van der Waals surface area contributed by atoms with Crippen molar-refractivity contribution in [2.45, 2.75) is 13.8 Å². The van der Waals surface area contributed by atoms with Gasteiger partial charge in [-0.05, 0) is 49.2 Å². The van der Waals surface area contributed by atoms with Crippen LogP contribution in [0, 0.1) is 19.7 Å². The Bertz CT molecular complexity index is 558. The van der Waals surface area contributed by atoms with Gasteiger partial charge in [-0.3, -0.25) is 9.78 Å². The smallest absolute Gasteiger partial charge is 0.193 e. The average molecular weight is 229 g/mol. The summed E-state index contributed by atoms with van der Waals surface area (Å²) in [4.78, 5) is 16.1. The molecule has 3 heteroatoms. The molecule has 2 rings (SSSR count). The summed E-state index contributed by atoms with van der Waals surface area (Å²) < 4.78 is 13.2. The number of hydrogen-bond donors (Lipinski definition) is 0. The second-order valence-corrected chi connectivity index (χ2v) is 4.04. The molecule has 86 valence electrons. The first-order valence-electron chi connectivity index (χ1n) is 5.30. The molecule has 0 fully saturated rings. The molecule has 0 saturated heterocycles. The molecule has 2 aromatic rings. The molecule has 0 atom stereocenters. The van der Waals surface area contributed by atoms with E-state index in [1.54, 1.807) is 31.5 Å². The Balaban J connectivity index is 2.48. The van der Waals surface area contributed by atoms with Gasteiger partial charge in [0.05, 0.1) is 0 Å². The standard InChI is InChI=1S/C14H12FNO/c1-9-5-11(7-12(15)6-9)14(17)13-3-4-16-8-10(13)2/h3-8H,1-2H3. The lowest BCUT2D eigenvalue weighted by Gasteiger charge is -2.05. The van der Waals surface area contributed by atoms with Crippen LogP contribution in [0.5, 0.6) is 0 Å². The summed E-state index contributed by atoms with van der Waals surface area (Å²) in [5.41, 5.74) is 2.46. The average Bonchev–Trinajstić information content (AvgIpc) is 2.27. The van der Waals surface area contributed by atoms with Gasteiger partial charge in [0, 0.05) is 23.5 Å². The molecule has 1 aromatic heterocycles. The SMILES string of the molecule is Cc1cc(F)cc(C(=O)c2ccncc2C)c1. The largest absolute Gasteiger partial charge is 0.289 e. The Morgan fingerprint density at radius 3 is 2.65 bits per heavy atom. The molecule has 1 heterocycles. The zero-order valence-electron chi connectivity index (χ0n) is 9.70. The maximum absolute atomic E-state index is 13.2. The second-order valence-electron chi connectivity index (χ2n) is 4.04. The predicted octanol–water partition coefficient (Wildman–Crippen LogP) is 3.07. The fourth-order valence-electron chi connectivity index (χ4n) is 1.75. The Labute approximate surface area is 99.1 Å². The topological polar surface area (TPSA) is 30.0 Å². The van der Waals surface area contributed by atoms with Crippen molar-refractivity contribution in [2.24, 2.45) is 0 Å². The second kappa shape index (κ2) is 4.45. The number of aromatic nitrogens is 1. The van der Waals surface area contributed by atoms with E-state index in [0.717, 1.165) is 11.1 Å². The van der Waals surface area contributed by atoms with Crippen LogP contribution in [0.3, 0.4) is 0 Å². The first-order valence-corrected chi connectivity index (χ1v) is 5.30. The van der Waals surface area contributed by atoms with Gasteiger partial charge in [-0.25, -0.2) is 4.39 Å². The summed E-state index contributed by atoms with van der Waals surface area (Å²) in [5.74, 6) is -0.562. The molecule has 0 N–H and O–H groups in total. The van der Waals surface area contributed by atoms with E-state index in [0.29, 0.717) is 11.1 Å². The minimum Gasteiger partial charge on any atom is -0.289 e. The highest BCUT2D eigenvalue weighted by Crippen LogP contribution is 2.15. The number of nitrogens with zero attached hydrogens (tertiary/aromatic N) is 1. The maximum Gasteiger partial charge on any atom is 0.193 e. The van der Waals surface area contributed by atoms with Crippen LogP contribution >= 0.6 is 0 Å². The molecule has 0 bridgehead atoms. The van der Waals surface area contributed by atoms with Gasteiger partial charge in [-0.1, -0.05) is 0 Å². The Hall–Kier alpha value is -2.03. The number of aryl methyl sites for hydroxylation is 2. The summed E-state index contributed by atoms with van der Waals surface area (Å²) in [6.45, 7) is 3.58. The van der Waals surface area contributed by atoms with Crippen molar-refractivity contribution in [2.75, 3.05) is 0 Å². The third kappa shape index (κ3) is 2.38. The van der Waals surface area contributed by atoms with Gasteiger partial charge in [0.2, 0.25) is 0 Å². The number of rotatable bonds is 2. The van der Waals surface area contributed by atoms with Crippen molar-refractivity contribution in [1.82, 2.24) is 4.98 Å². The number of ketones is 1. The lowest BCUT2D eigenvalue weighted by atomic mass is 9.99. The number of carbonyl (C=O) groups is 1. The molecular weight excluding hydrogens is 217 g/mol. The molecule has 17 heavy (non-hydrogen) atoms. The first kappa shape index (κ1) is 11.5. The van der Waals surface area contributed by atoms with Crippen LogP contribution in [0.25, 0.3) is 0 Å². The molecule has 2 nitrogen and oxygen atoms in total. The third-order valence-corrected chi connectivity index (χ3v) is 2.57. The van der Waals surface area contributed by atoms with Crippen molar-refractivity contribution in [3.05, 3.63) is 64.7 Å². The van der Waals surface area contributed by atoms with Gasteiger partial charge < -0.3 is 0 Å². The fraction of sp³-hybridized carbons (Fsp3) is 0.143. The highest BCUT2D eigenvalue weighted by molar-refractivity contribution is 6.09. The number of hydrogen-bond acceptors (Lipinski definition) is 2. The van der Waals surface area contributed by atoms with Gasteiger partial charge in [0.1, 0.15) is 5.82 Å². The monoisotopic (exact) mass is 229 g/mol. The summed E-state index contributed by atoms with van der Waals surface area (Å²) in [5, 5.41) is 0. The van der Waals surface area contributed by atoms with Crippen molar-refractivity contribution in [3.63, 3.8) is 0 Å². The van der Waals surface area contributed by atoms with Crippen LogP contribution in [0.1, 0.15) is 27.0 Å². The molecular formula is C14H12FNO. The molecule has 0 spiro atoms. The normalized spacial score (nSPS) is 10.3.